The molecule has 1 N–H and O–H groups in total. The van der Waals surface area contributed by atoms with Crippen LogP contribution in [0.1, 0.15) is 61.6 Å². The normalized spacial score (nSPS) is 18.8. The Hall–Kier alpha value is -3.55. The first-order chi connectivity index (χ1) is 18.0. The van der Waals surface area contributed by atoms with Crippen molar-refractivity contribution in [3.8, 4) is 17.6 Å². The summed E-state index contributed by atoms with van der Waals surface area (Å²) >= 11 is 0. The fourth-order valence-corrected chi connectivity index (χ4v) is 5.87. The lowest BCUT2D eigenvalue weighted by Crippen LogP contribution is -2.39. The van der Waals surface area contributed by atoms with Gasteiger partial charge < -0.3 is 9.84 Å². The molecule has 2 aromatic rings. The van der Waals surface area contributed by atoms with E-state index in [2.05, 4.69) is 65.3 Å². The quantitative estimate of drug-likeness (QED) is 0.419. The van der Waals surface area contributed by atoms with Crippen LogP contribution in [0.15, 0.2) is 84.0 Å². The van der Waals surface area contributed by atoms with Gasteiger partial charge in [-0.3, -0.25) is 9.69 Å². The van der Waals surface area contributed by atoms with Crippen LogP contribution < -0.4 is 4.74 Å². The minimum Gasteiger partial charge on any atom is -0.489 e. The molecule has 1 heterocycles. The van der Waals surface area contributed by atoms with Gasteiger partial charge in [0.2, 0.25) is 0 Å². The first-order valence-electron chi connectivity index (χ1n) is 13.3. The lowest BCUT2D eigenvalue weighted by Gasteiger charge is -2.41. The molecule has 1 fully saturated rings. The monoisotopic (exact) mass is 493 g/mol. The summed E-state index contributed by atoms with van der Waals surface area (Å²) < 4.78 is 5.98. The molecule has 4 heteroatoms. The molecule has 3 aliphatic rings. The molecule has 1 spiro atoms. The Balaban J connectivity index is 1.11. The standard InChI is InChI=1S/C33H35NO3/c1-2-5-29(22-32(35)36)27-12-14-30(15-13-27)37-24-26-10-8-25(9-11-26)23-34-20-18-33(19-21-34)17-16-28-6-3-4-7-31(28)33/h3,6,8-17,29H,4,7,18-24H2,1H3,(H,35,36). The molecule has 1 saturated heterocycles. The molecule has 1 aliphatic heterocycles. The van der Waals surface area contributed by atoms with Crippen molar-refractivity contribution < 1.29 is 14.6 Å². The number of piperidine rings is 1. The molecule has 0 amide bonds. The third-order valence-corrected chi connectivity index (χ3v) is 7.95. The molecule has 1 unspecified atom stereocenters. The summed E-state index contributed by atoms with van der Waals surface area (Å²) in [6.45, 7) is 5.50. The fraction of sp³-hybridized carbons (Fsp3) is 0.364. The van der Waals surface area contributed by atoms with Crippen molar-refractivity contribution in [3.63, 3.8) is 0 Å². The van der Waals surface area contributed by atoms with Crippen LogP contribution in [0.5, 0.6) is 5.75 Å². The van der Waals surface area contributed by atoms with Crippen LogP contribution in [0, 0.1) is 17.3 Å². The van der Waals surface area contributed by atoms with Gasteiger partial charge in [0.15, 0.2) is 0 Å². The van der Waals surface area contributed by atoms with Crippen LogP contribution in [0.25, 0.3) is 0 Å². The number of nitrogens with zero attached hydrogens (tertiary/aromatic N) is 1. The van der Waals surface area contributed by atoms with E-state index in [4.69, 9.17) is 9.84 Å². The maximum atomic E-state index is 11.1. The van der Waals surface area contributed by atoms with Gasteiger partial charge in [-0.15, -0.1) is 5.92 Å². The van der Waals surface area contributed by atoms with E-state index >= 15 is 0 Å². The third-order valence-electron chi connectivity index (χ3n) is 7.95. The number of likely N-dealkylation sites (tertiary alicyclic amines) is 1. The van der Waals surface area contributed by atoms with Gasteiger partial charge in [0, 0.05) is 12.0 Å². The summed E-state index contributed by atoms with van der Waals surface area (Å²) in [5.41, 5.74) is 6.84. The Labute approximate surface area is 220 Å². The maximum Gasteiger partial charge on any atom is 0.304 e. The molecule has 1 atom stereocenters. The number of hydrogen-bond acceptors (Lipinski definition) is 3. The molecule has 0 saturated carbocycles. The molecular formula is C33H35NO3. The predicted molar refractivity (Wildman–Crippen MR) is 147 cm³/mol. The van der Waals surface area contributed by atoms with Crippen LogP contribution in [-0.2, 0) is 17.9 Å². The van der Waals surface area contributed by atoms with Crippen LogP contribution in [0.2, 0.25) is 0 Å². The molecule has 0 radical (unpaired) electrons. The molecule has 37 heavy (non-hydrogen) atoms. The molecule has 2 aliphatic carbocycles. The van der Waals surface area contributed by atoms with Gasteiger partial charge >= 0.3 is 5.97 Å². The minimum atomic E-state index is -0.847. The number of carbonyl (C=O) groups is 1. The second-order valence-electron chi connectivity index (χ2n) is 10.4. The second-order valence-corrected chi connectivity index (χ2v) is 10.4. The number of aliphatic carboxylic acids is 1. The van der Waals surface area contributed by atoms with Crippen LogP contribution in [0.3, 0.4) is 0 Å². The van der Waals surface area contributed by atoms with Crippen molar-refractivity contribution in [2.24, 2.45) is 5.41 Å². The molecule has 4 nitrogen and oxygen atoms in total. The van der Waals surface area contributed by atoms with Crippen molar-refractivity contribution in [1.82, 2.24) is 4.90 Å². The smallest absolute Gasteiger partial charge is 0.304 e. The van der Waals surface area contributed by atoms with Crippen molar-refractivity contribution >= 4 is 5.97 Å². The number of carboxylic acids is 1. The van der Waals surface area contributed by atoms with Gasteiger partial charge in [-0.2, -0.15) is 0 Å². The Morgan fingerprint density at radius 3 is 2.49 bits per heavy atom. The Morgan fingerprint density at radius 1 is 1.05 bits per heavy atom. The predicted octanol–water partition coefficient (Wildman–Crippen LogP) is 6.65. The number of hydrogen-bond donors (Lipinski definition) is 1. The van der Waals surface area contributed by atoms with Crippen LogP contribution in [-0.4, -0.2) is 29.1 Å². The average Bonchev–Trinajstić information content (AvgIpc) is 3.27. The first kappa shape index (κ1) is 25.1. The second kappa shape index (κ2) is 11.2. The molecule has 0 aromatic heterocycles. The van der Waals surface area contributed by atoms with Gasteiger partial charge in [-0.1, -0.05) is 72.2 Å². The number of fused-ring (bicyclic) bond motifs is 1. The summed E-state index contributed by atoms with van der Waals surface area (Å²) in [6.07, 6.45) is 14.3. The van der Waals surface area contributed by atoms with E-state index < -0.39 is 5.97 Å². The van der Waals surface area contributed by atoms with E-state index in [1.54, 1.807) is 12.5 Å². The molecule has 2 aromatic carbocycles. The summed E-state index contributed by atoms with van der Waals surface area (Å²) in [4.78, 5) is 13.7. The average molecular weight is 494 g/mol. The highest BCUT2D eigenvalue weighted by Crippen LogP contribution is 2.49. The third kappa shape index (κ3) is 5.89. The van der Waals surface area contributed by atoms with E-state index in [1.807, 2.05) is 24.3 Å². The Bertz CT molecular complexity index is 1260. The van der Waals surface area contributed by atoms with E-state index in [0.717, 1.165) is 36.5 Å². The largest absolute Gasteiger partial charge is 0.489 e. The zero-order valence-electron chi connectivity index (χ0n) is 21.6. The van der Waals surface area contributed by atoms with Gasteiger partial charge in [-0.25, -0.2) is 0 Å². The van der Waals surface area contributed by atoms with Crippen molar-refractivity contribution in [2.75, 3.05) is 13.1 Å². The Morgan fingerprint density at radius 2 is 1.78 bits per heavy atom. The zero-order chi connectivity index (χ0) is 25.7. The highest BCUT2D eigenvalue weighted by atomic mass is 16.5. The summed E-state index contributed by atoms with van der Waals surface area (Å²) in [6, 6.07) is 16.3. The minimum absolute atomic E-state index is 0.000640. The lowest BCUT2D eigenvalue weighted by atomic mass is 9.71. The first-order valence-corrected chi connectivity index (χ1v) is 13.3. The van der Waals surface area contributed by atoms with Gasteiger partial charge in [0.1, 0.15) is 12.4 Å². The van der Waals surface area contributed by atoms with Crippen LogP contribution >= 0.6 is 0 Å². The molecule has 5 rings (SSSR count). The van der Waals surface area contributed by atoms with Crippen LogP contribution in [0.4, 0.5) is 0 Å². The van der Waals surface area contributed by atoms with Gasteiger partial charge in [0.25, 0.3) is 0 Å². The number of carboxylic acid groups (broad SMARTS) is 1. The zero-order valence-corrected chi connectivity index (χ0v) is 21.6. The molecule has 0 bridgehead atoms. The lowest BCUT2D eigenvalue weighted by molar-refractivity contribution is -0.137. The number of allylic oxidation sites excluding steroid dienone is 6. The highest BCUT2D eigenvalue weighted by Gasteiger charge is 2.39. The van der Waals surface area contributed by atoms with Crippen molar-refractivity contribution in [2.45, 2.75) is 58.1 Å². The topological polar surface area (TPSA) is 49.8 Å². The van der Waals surface area contributed by atoms with E-state index in [9.17, 15) is 4.79 Å². The van der Waals surface area contributed by atoms with E-state index in [0.29, 0.717) is 12.0 Å². The molecule has 190 valence electrons. The Kier molecular flexibility index (Phi) is 7.63. The highest BCUT2D eigenvalue weighted by molar-refractivity contribution is 5.69. The van der Waals surface area contributed by atoms with Crippen molar-refractivity contribution in [1.29, 1.82) is 0 Å². The number of ether oxygens (including phenoxy) is 1. The van der Waals surface area contributed by atoms with Gasteiger partial charge in [0.05, 0.1) is 12.3 Å². The van der Waals surface area contributed by atoms with E-state index in [1.165, 1.54) is 36.8 Å². The van der Waals surface area contributed by atoms with Gasteiger partial charge in [-0.05, 0) is 80.1 Å². The fourth-order valence-electron chi connectivity index (χ4n) is 5.87. The summed E-state index contributed by atoms with van der Waals surface area (Å²) in [5.74, 6) is 5.43. The van der Waals surface area contributed by atoms with E-state index in [-0.39, 0.29) is 12.3 Å². The maximum absolute atomic E-state index is 11.1. The summed E-state index contributed by atoms with van der Waals surface area (Å²) in [5, 5.41) is 9.13. The number of rotatable bonds is 8. The molecular weight excluding hydrogens is 458 g/mol. The number of benzene rings is 2. The SMILES string of the molecule is CC#CC(CC(=O)O)c1ccc(OCc2ccc(CN3CCC4(C=CC5=C4CCC=C5)CC3)cc2)cc1. The van der Waals surface area contributed by atoms with Crippen molar-refractivity contribution in [3.05, 3.63) is 101 Å². The summed E-state index contributed by atoms with van der Waals surface area (Å²) in [7, 11) is 0.